The number of hydrogen-bond donors (Lipinski definition) is 0. The Morgan fingerprint density at radius 3 is 2.68 bits per heavy atom. The van der Waals surface area contributed by atoms with Crippen LogP contribution in [0.4, 0.5) is 0 Å². The predicted octanol–water partition coefficient (Wildman–Crippen LogP) is 4.33. The second-order valence-electron chi connectivity index (χ2n) is 8.42. The second kappa shape index (κ2) is 9.02. The molecule has 0 aromatic heterocycles. The molecule has 2 fully saturated rings. The van der Waals surface area contributed by atoms with Crippen LogP contribution in [-0.4, -0.2) is 51.2 Å². The average molecular weight is 390 g/mol. The molecule has 1 aromatic rings. The Morgan fingerprint density at radius 2 is 1.96 bits per heavy atom. The van der Waals surface area contributed by atoms with Crippen LogP contribution in [0.25, 0.3) is 0 Å². The standard InChI is InChI=1S/C23H35NO4/c1-4-7-17-15-24-10-9-16-12-21(25-2)22(26-3)13-18(16)19(24)14-20(17)28-23-8-5-6-11-27-23/h12-13,17,19-20,23H,4-11,14-15H2,1-3H3/t17-,19-,20-,23?/m1/s1. The molecule has 28 heavy (non-hydrogen) atoms. The van der Waals surface area contributed by atoms with E-state index in [4.69, 9.17) is 18.9 Å². The van der Waals surface area contributed by atoms with Gasteiger partial charge in [0.15, 0.2) is 17.8 Å². The van der Waals surface area contributed by atoms with Gasteiger partial charge in [0, 0.05) is 25.7 Å². The summed E-state index contributed by atoms with van der Waals surface area (Å²) in [4.78, 5) is 2.66. The highest BCUT2D eigenvalue weighted by atomic mass is 16.7. The van der Waals surface area contributed by atoms with Gasteiger partial charge in [-0.2, -0.15) is 0 Å². The minimum absolute atomic E-state index is 0.0156. The molecular weight excluding hydrogens is 354 g/mol. The fraction of sp³-hybridized carbons (Fsp3) is 0.739. The van der Waals surface area contributed by atoms with Gasteiger partial charge in [-0.05, 0) is 67.7 Å². The van der Waals surface area contributed by atoms with Gasteiger partial charge >= 0.3 is 0 Å². The first kappa shape index (κ1) is 20.0. The monoisotopic (exact) mass is 389 g/mol. The molecule has 3 heterocycles. The molecule has 3 aliphatic rings. The Hall–Kier alpha value is -1.30. The molecule has 2 saturated heterocycles. The van der Waals surface area contributed by atoms with Crippen molar-refractivity contribution < 1.29 is 18.9 Å². The Balaban J connectivity index is 1.57. The van der Waals surface area contributed by atoms with Gasteiger partial charge in [0.05, 0.1) is 20.3 Å². The number of benzene rings is 1. The lowest BCUT2D eigenvalue weighted by molar-refractivity contribution is -0.212. The number of ether oxygens (including phenoxy) is 4. The molecule has 0 N–H and O–H groups in total. The van der Waals surface area contributed by atoms with Crippen molar-refractivity contribution in [1.82, 2.24) is 4.90 Å². The van der Waals surface area contributed by atoms with Gasteiger partial charge in [-0.1, -0.05) is 13.3 Å². The Morgan fingerprint density at radius 1 is 1.14 bits per heavy atom. The summed E-state index contributed by atoms with van der Waals surface area (Å²) in [5.41, 5.74) is 2.78. The van der Waals surface area contributed by atoms with Crippen molar-refractivity contribution in [3.05, 3.63) is 23.3 Å². The van der Waals surface area contributed by atoms with E-state index < -0.39 is 0 Å². The largest absolute Gasteiger partial charge is 0.493 e. The summed E-state index contributed by atoms with van der Waals surface area (Å²) < 4.78 is 23.6. The highest BCUT2D eigenvalue weighted by molar-refractivity contribution is 5.49. The van der Waals surface area contributed by atoms with Crippen LogP contribution < -0.4 is 9.47 Å². The van der Waals surface area contributed by atoms with Crippen molar-refractivity contribution in [2.24, 2.45) is 5.92 Å². The van der Waals surface area contributed by atoms with Gasteiger partial charge in [0.2, 0.25) is 0 Å². The highest BCUT2D eigenvalue weighted by Gasteiger charge is 2.40. The maximum absolute atomic E-state index is 6.56. The number of fused-ring (bicyclic) bond motifs is 3. The number of hydrogen-bond acceptors (Lipinski definition) is 5. The molecule has 0 bridgehead atoms. The van der Waals surface area contributed by atoms with E-state index in [1.54, 1.807) is 14.2 Å². The average Bonchev–Trinajstić information content (AvgIpc) is 2.74. The van der Waals surface area contributed by atoms with Crippen LogP contribution in [0.5, 0.6) is 11.5 Å². The molecule has 0 saturated carbocycles. The van der Waals surface area contributed by atoms with Crippen molar-refractivity contribution in [2.75, 3.05) is 33.9 Å². The summed E-state index contributed by atoms with van der Waals surface area (Å²) in [6.45, 7) is 5.35. The van der Waals surface area contributed by atoms with Crippen LogP contribution in [0.1, 0.15) is 62.6 Å². The van der Waals surface area contributed by atoms with E-state index >= 15 is 0 Å². The molecule has 1 unspecified atom stereocenters. The van der Waals surface area contributed by atoms with E-state index in [1.807, 2.05) is 0 Å². The summed E-state index contributed by atoms with van der Waals surface area (Å²) in [6, 6.07) is 4.76. The first-order valence-electron chi connectivity index (χ1n) is 11.0. The van der Waals surface area contributed by atoms with Gasteiger partial charge in [0.1, 0.15) is 0 Å². The van der Waals surface area contributed by atoms with E-state index in [0.717, 1.165) is 56.9 Å². The molecule has 5 nitrogen and oxygen atoms in total. The third kappa shape index (κ3) is 4.03. The zero-order valence-electron chi connectivity index (χ0n) is 17.6. The van der Waals surface area contributed by atoms with Crippen molar-refractivity contribution in [1.29, 1.82) is 0 Å². The van der Waals surface area contributed by atoms with Gasteiger partial charge < -0.3 is 18.9 Å². The minimum atomic E-state index is -0.0156. The lowest BCUT2D eigenvalue weighted by Crippen LogP contribution is -2.49. The van der Waals surface area contributed by atoms with Crippen LogP contribution in [-0.2, 0) is 15.9 Å². The molecule has 5 heteroatoms. The Bertz CT molecular complexity index is 658. The molecule has 0 spiro atoms. The molecule has 3 aliphatic heterocycles. The first-order chi connectivity index (χ1) is 13.7. The molecule has 4 atom stereocenters. The summed E-state index contributed by atoms with van der Waals surface area (Å²) >= 11 is 0. The number of piperidine rings is 1. The van der Waals surface area contributed by atoms with E-state index in [1.165, 1.54) is 30.4 Å². The van der Waals surface area contributed by atoms with Crippen LogP contribution in [0.15, 0.2) is 12.1 Å². The second-order valence-corrected chi connectivity index (χ2v) is 8.42. The summed E-state index contributed by atoms with van der Waals surface area (Å²) in [7, 11) is 3.43. The van der Waals surface area contributed by atoms with Crippen molar-refractivity contribution in [3.8, 4) is 11.5 Å². The molecule has 0 amide bonds. The van der Waals surface area contributed by atoms with E-state index in [2.05, 4.69) is 24.0 Å². The fourth-order valence-electron chi connectivity index (χ4n) is 5.23. The molecule has 0 aliphatic carbocycles. The number of rotatable bonds is 6. The van der Waals surface area contributed by atoms with E-state index in [0.29, 0.717) is 12.0 Å². The van der Waals surface area contributed by atoms with Gasteiger partial charge in [0.25, 0.3) is 0 Å². The van der Waals surface area contributed by atoms with Gasteiger partial charge in [-0.3, -0.25) is 4.90 Å². The summed E-state index contributed by atoms with van der Waals surface area (Å²) in [5, 5.41) is 0. The maximum atomic E-state index is 6.56. The quantitative estimate of drug-likeness (QED) is 0.724. The van der Waals surface area contributed by atoms with Gasteiger partial charge in [-0.25, -0.2) is 0 Å². The molecule has 4 rings (SSSR count). The molecule has 0 radical (unpaired) electrons. The van der Waals surface area contributed by atoms with Crippen molar-refractivity contribution in [3.63, 3.8) is 0 Å². The van der Waals surface area contributed by atoms with Crippen LogP contribution in [0.3, 0.4) is 0 Å². The summed E-state index contributed by atoms with van der Waals surface area (Å²) in [5.74, 6) is 2.25. The smallest absolute Gasteiger partial charge is 0.161 e. The Labute approximate surface area is 169 Å². The lowest BCUT2D eigenvalue weighted by atomic mass is 9.80. The first-order valence-corrected chi connectivity index (χ1v) is 11.0. The number of nitrogens with zero attached hydrogens (tertiary/aromatic N) is 1. The molecular formula is C23H35NO4. The fourth-order valence-corrected chi connectivity index (χ4v) is 5.23. The zero-order chi connectivity index (χ0) is 19.5. The third-order valence-corrected chi connectivity index (χ3v) is 6.69. The van der Waals surface area contributed by atoms with Crippen LogP contribution in [0, 0.1) is 5.92 Å². The summed E-state index contributed by atoms with van der Waals surface area (Å²) in [6.07, 6.45) is 8.19. The van der Waals surface area contributed by atoms with Crippen molar-refractivity contribution >= 4 is 0 Å². The zero-order valence-corrected chi connectivity index (χ0v) is 17.6. The van der Waals surface area contributed by atoms with Crippen molar-refractivity contribution in [2.45, 2.75) is 70.3 Å². The molecule has 156 valence electrons. The third-order valence-electron chi connectivity index (χ3n) is 6.69. The van der Waals surface area contributed by atoms with Gasteiger partial charge in [-0.15, -0.1) is 0 Å². The highest BCUT2D eigenvalue weighted by Crippen LogP contribution is 2.44. The van der Waals surface area contributed by atoms with Crippen LogP contribution >= 0.6 is 0 Å². The topological polar surface area (TPSA) is 40.2 Å². The predicted molar refractivity (Wildman–Crippen MR) is 109 cm³/mol. The minimum Gasteiger partial charge on any atom is -0.493 e. The number of methoxy groups -OCH3 is 2. The van der Waals surface area contributed by atoms with Crippen LogP contribution in [0.2, 0.25) is 0 Å². The van der Waals surface area contributed by atoms with E-state index in [-0.39, 0.29) is 12.4 Å². The van der Waals surface area contributed by atoms with E-state index in [9.17, 15) is 0 Å². The normalized spacial score (nSPS) is 30.4. The maximum Gasteiger partial charge on any atom is 0.161 e. The molecule has 1 aromatic carbocycles. The SMILES string of the molecule is CCC[C@@H]1CN2CCc3cc(OC)c(OC)cc3[C@H]2C[C@H]1OC1CCCCO1. The Kier molecular flexibility index (Phi) is 6.44. The lowest BCUT2D eigenvalue weighted by Gasteiger charge is -2.48.